The van der Waals surface area contributed by atoms with E-state index in [0.717, 1.165) is 36.9 Å². The Morgan fingerprint density at radius 1 is 1.44 bits per heavy atom. The van der Waals surface area contributed by atoms with Gasteiger partial charge in [-0.15, -0.1) is 0 Å². The van der Waals surface area contributed by atoms with E-state index in [9.17, 15) is 0 Å². The number of nitrogens with one attached hydrogen (secondary N) is 1. The Bertz CT molecular complexity index is 342. The predicted molar refractivity (Wildman–Crippen MR) is 66.3 cm³/mol. The summed E-state index contributed by atoms with van der Waals surface area (Å²) in [5.41, 5.74) is 2.59. The van der Waals surface area contributed by atoms with Gasteiger partial charge in [0.1, 0.15) is 5.76 Å². The monoisotopic (exact) mass is 222 g/mol. The molecule has 1 heterocycles. The van der Waals surface area contributed by atoms with Gasteiger partial charge in [0.15, 0.2) is 0 Å². The van der Waals surface area contributed by atoms with Crippen molar-refractivity contribution in [2.24, 2.45) is 16.5 Å². The topological polar surface area (TPSA) is 33.6 Å². The number of rotatable bonds is 4. The minimum absolute atomic E-state index is 0.277. The number of hydrogen-bond donors (Lipinski definition) is 1. The van der Waals surface area contributed by atoms with Gasteiger partial charge in [0.25, 0.3) is 0 Å². The molecule has 0 aromatic carbocycles. The first-order valence-electron chi connectivity index (χ1n) is 6.19. The average Bonchev–Trinajstić information content (AvgIpc) is 2.80. The van der Waals surface area contributed by atoms with Crippen LogP contribution in [-0.4, -0.2) is 18.8 Å². The molecule has 0 amide bonds. The summed E-state index contributed by atoms with van der Waals surface area (Å²) in [7, 11) is 0. The minimum Gasteiger partial charge on any atom is -0.361 e. The lowest BCUT2D eigenvalue weighted by Gasteiger charge is -2.17. The summed E-state index contributed by atoms with van der Waals surface area (Å²) in [5, 5.41) is 7.59. The zero-order valence-corrected chi connectivity index (χ0v) is 10.8. The van der Waals surface area contributed by atoms with Crippen LogP contribution >= 0.6 is 0 Å². The molecule has 1 N–H and O–H groups in total. The summed E-state index contributed by atoms with van der Waals surface area (Å²) in [6, 6.07) is 0. The highest BCUT2D eigenvalue weighted by molar-refractivity contribution is 5.78. The number of piperidine rings is 1. The van der Waals surface area contributed by atoms with Gasteiger partial charge in [-0.05, 0) is 51.6 Å². The maximum atomic E-state index is 5.71. The van der Waals surface area contributed by atoms with E-state index in [2.05, 4.69) is 24.3 Å². The molecular weight excluding hydrogens is 200 g/mol. The average molecular weight is 222 g/mol. The fourth-order valence-electron chi connectivity index (χ4n) is 2.58. The second-order valence-corrected chi connectivity index (χ2v) is 5.28. The highest BCUT2D eigenvalue weighted by atomic mass is 16.6. The third-order valence-electron chi connectivity index (χ3n) is 3.75. The SMILES string of the molecule is CC/C(C)=C(/ON=C(C)C)[C@@]12CNC[C@@H]1C2. The Morgan fingerprint density at radius 2 is 2.19 bits per heavy atom. The maximum absolute atomic E-state index is 5.71. The fourth-order valence-corrected chi connectivity index (χ4v) is 2.58. The van der Waals surface area contributed by atoms with Crippen LogP contribution in [0.4, 0.5) is 0 Å². The van der Waals surface area contributed by atoms with Gasteiger partial charge in [-0.25, -0.2) is 0 Å². The lowest BCUT2D eigenvalue weighted by Crippen LogP contribution is -2.19. The number of hydrogen-bond acceptors (Lipinski definition) is 3. The smallest absolute Gasteiger partial charge is 0.141 e. The van der Waals surface area contributed by atoms with Crippen molar-refractivity contribution in [1.82, 2.24) is 5.32 Å². The standard InChI is InChI=1S/C13H22N2O/c1-5-10(4)12(16-15-9(2)3)13-6-11(13)7-14-8-13/h11,14H,5-8H2,1-4H3/b12-10+/t11-,13-/m0/s1. The van der Waals surface area contributed by atoms with Gasteiger partial charge in [-0.2, -0.15) is 0 Å². The Hall–Kier alpha value is -0.830. The van der Waals surface area contributed by atoms with Crippen molar-refractivity contribution in [3.8, 4) is 0 Å². The Morgan fingerprint density at radius 3 is 2.62 bits per heavy atom. The summed E-state index contributed by atoms with van der Waals surface area (Å²) in [6.07, 6.45) is 2.31. The Kier molecular flexibility index (Phi) is 3.06. The first-order chi connectivity index (χ1) is 7.60. The van der Waals surface area contributed by atoms with E-state index in [-0.39, 0.29) is 5.41 Å². The van der Waals surface area contributed by atoms with E-state index in [0.29, 0.717) is 0 Å². The van der Waals surface area contributed by atoms with Crippen LogP contribution in [0.25, 0.3) is 0 Å². The van der Waals surface area contributed by atoms with Crippen LogP contribution in [-0.2, 0) is 4.84 Å². The first kappa shape index (κ1) is 11.6. The molecule has 3 nitrogen and oxygen atoms in total. The highest BCUT2D eigenvalue weighted by Crippen LogP contribution is 2.60. The molecule has 0 bridgehead atoms. The van der Waals surface area contributed by atoms with Gasteiger partial charge in [0.2, 0.25) is 0 Å². The molecule has 1 saturated carbocycles. The van der Waals surface area contributed by atoms with Gasteiger partial charge in [-0.1, -0.05) is 12.1 Å². The van der Waals surface area contributed by atoms with Gasteiger partial charge >= 0.3 is 0 Å². The van der Waals surface area contributed by atoms with E-state index in [1.165, 1.54) is 12.0 Å². The molecule has 90 valence electrons. The van der Waals surface area contributed by atoms with Crippen LogP contribution in [0.5, 0.6) is 0 Å². The molecule has 0 radical (unpaired) electrons. The molecule has 0 spiro atoms. The second-order valence-electron chi connectivity index (χ2n) is 5.28. The van der Waals surface area contributed by atoms with Crippen LogP contribution in [0.3, 0.4) is 0 Å². The van der Waals surface area contributed by atoms with Gasteiger partial charge < -0.3 is 10.2 Å². The van der Waals surface area contributed by atoms with Crippen LogP contribution in [0.2, 0.25) is 0 Å². The normalized spacial score (nSPS) is 32.9. The number of nitrogens with zero attached hydrogens (tertiary/aromatic N) is 1. The van der Waals surface area contributed by atoms with Crippen LogP contribution in [0.15, 0.2) is 16.5 Å². The minimum atomic E-state index is 0.277. The third kappa shape index (κ3) is 1.88. The van der Waals surface area contributed by atoms with E-state index in [1.54, 1.807) is 0 Å². The molecule has 1 saturated heterocycles. The number of allylic oxidation sites excluding steroid dienone is 1. The quantitative estimate of drug-likeness (QED) is 0.451. The zero-order valence-electron chi connectivity index (χ0n) is 10.8. The van der Waals surface area contributed by atoms with Crippen molar-refractivity contribution >= 4 is 5.71 Å². The Balaban J connectivity index is 2.20. The molecule has 2 rings (SSSR count). The Labute approximate surface area is 97.9 Å². The lowest BCUT2D eigenvalue weighted by atomic mass is 9.98. The largest absolute Gasteiger partial charge is 0.361 e. The molecule has 2 aliphatic rings. The van der Waals surface area contributed by atoms with E-state index in [1.807, 2.05) is 13.8 Å². The summed E-state index contributed by atoms with van der Waals surface area (Å²) in [4.78, 5) is 5.71. The van der Waals surface area contributed by atoms with Crippen molar-refractivity contribution in [1.29, 1.82) is 0 Å². The van der Waals surface area contributed by atoms with E-state index in [4.69, 9.17) is 4.84 Å². The second kappa shape index (κ2) is 4.21. The van der Waals surface area contributed by atoms with E-state index < -0.39 is 0 Å². The molecule has 16 heavy (non-hydrogen) atoms. The molecule has 0 unspecified atom stereocenters. The fraction of sp³-hybridized carbons (Fsp3) is 0.769. The lowest BCUT2D eigenvalue weighted by molar-refractivity contribution is 0.175. The van der Waals surface area contributed by atoms with Crippen LogP contribution in [0.1, 0.15) is 40.5 Å². The predicted octanol–water partition coefficient (Wildman–Crippen LogP) is 2.69. The summed E-state index contributed by atoms with van der Waals surface area (Å²) < 4.78 is 0. The van der Waals surface area contributed by atoms with Gasteiger partial charge in [-0.3, -0.25) is 0 Å². The molecule has 2 atom stereocenters. The molecule has 1 aliphatic carbocycles. The molecule has 1 aliphatic heterocycles. The van der Waals surface area contributed by atoms with Crippen LogP contribution in [0, 0.1) is 11.3 Å². The molecular formula is C13H22N2O. The van der Waals surface area contributed by atoms with Crippen molar-refractivity contribution in [3.05, 3.63) is 11.3 Å². The zero-order chi connectivity index (χ0) is 11.8. The molecule has 2 fully saturated rings. The van der Waals surface area contributed by atoms with Crippen molar-refractivity contribution in [3.63, 3.8) is 0 Å². The van der Waals surface area contributed by atoms with Gasteiger partial charge in [0, 0.05) is 12.0 Å². The first-order valence-corrected chi connectivity index (χ1v) is 6.19. The molecule has 0 aromatic rings. The van der Waals surface area contributed by atoms with Crippen molar-refractivity contribution in [2.45, 2.75) is 40.5 Å². The number of oxime groups is 1. The highest BCUT2D eigenvalue weighted by Gasteiger charge is 2.61. The maximum Gasteiger partial charge on any atom is 0.141 e. The molecule has 3 heteroatoms. The number of fused-ring (bicyclic) bond motifs is 1. The van der Waals surface area contributed by atoms with Crippen molar-refractivity contribution in [2.75, 3.05) is 13.1 Å². The van der Waals surface area contributed by atoms with Crippen molar-refractivity contribution < 1.29 is 4.84 Å². The summed E-state index contributed by atoms with van der Waals surface area (Å²) >= 11 is 0. The molecule has 0 aromatic heterocycles. The van der Waals surface area contributed by atoms with Crippen LogP contribution < -0.4 is 5.32 Å². The van der Waals surface area contributed by atoms with Gasteiger partial charge in [0.05, 0.1) is 5.71 Å². The third-order valence-corrected chi connectivity index (χ3v) is 3.75. The summed E-state index contributed by atoms with van der Waals surface area (Å²) in [6.45, 7) is 10.5. The summed E-state index contributed by atoms with van der Waals surface area (Å²) in [5.74, 6) is 1.91. The van der Waals surface area contributed by atoms with E-state index >= 15 is 0 Å².